The molecule has 0 atom stereocenters. The molecular weight excluding hydrogens is 591 g/mol. The van der Waals surface area contributed by atoms with E-state index >= 15 is 0 Å². The Hall–Kier alpha value is -2.17. The van der Waals surface area contributed by atoms with Crippen LogP contribution in [0.4, 0.5) is 0 Å². The zero-order valence-electron chi connectivity index (χ0n) is 29.8. The van der Waals surface area contributed by atoms with Gasteiger partial charge in [-0.2, -0.15) is 12.8 Å². The van der Waals surface area contributed by atoms with Gasteiger partial charge in [0.25, 0.3) is 0 Å². The summed E-state index contributed by atoms with van der Waals surface area (Å²) in [5.74, 6) is 2.86. The van der Waals surface area contributed by atoms with Crippen LogP contribution in [0.25, 0.3) is 11.1 Å². The maximum Gasteiger partial charge on any atom is 2.00 e. The van der Waals surface area contributed by atoms with Crippen molar-refractivity contribution >= 4 is 11.4 Å². The molecule has 0 bridgehead atoms. The Bertz CT molecular complexity index is 1050. The maximum absolute atomic E-state index is 9.29. The second kappa shape index (κ2) is 33.2. The van der Waals surface area contributed by atoms with Crippen molar-refractivity contribution in [1.82, 2.24) is 0 Å². The number of aryl methyl sites for hydroxylation is 2. The van der Waals surface area contributed by atoms with E-state index in [1.165, 1.54) is 111 Å². The van der Waals surface area contributed by atoms with E-state index in [4.69, 9.17) is 0 Å². The minimum Gasteiger partial charge on any atom is -0.348 e. The number of nitrogens with zero attached hydrogens (tertiary/aromatic N) is 2. The smallest absolute Gasteiger partial charge is 0.348 e. The Balaban J connectivity index is 0. The van der Waals surface area contributed by atoms with Gasteiger partial charge in [-0.05, 0) is 72.4 Å². The number of hydrogen-bond donors (Lipinski definition) is 0. The molecule has 0 radical (unpaired) electrons. The minimum atomic E-state index is 0. The van der Waals surface area contributed by atoms with Crippen LogP contribution in [0, 0.1) is 13.8 Å². The standard InChI is InChI=1S/C34H48N2.2C4H9.Ni/c1-4-7-10-12-13-15-18-30-20-16-21-33(26-30)34(27-31(28-36-35)19-14-11-8-5-2)32-24-22-29(23-25-32)17-9-6-3;2*1-3-4-2;/h16,20-27H,4-15,17-19H2,1-3H3;2*1,3-4H2,2H3;/q;2*-1;+2. The summed E-state index contributed by atoms with van der Waals surface area (Å²) >= 11 is 0. The zero-order valence-corrected chi connectivity index (χ0v) is 30.7. The van der Waals surface area contributed by atoms with Crippen molar-refractivity contribution in [3.05, 3.63) is 102 Å². The first-order chi connectivity index (χ1) is 21.5. The molecule has 0 fully saturated rings. The first kappa shape index (κ1) is 45.0. The molecule has 0 unspecified atom stereocenters. The van der Waals surface area contributed by atoms with E-state index in [0.29, 0.717) is 0 Å². The molecular formula is C42H66N2Ni. The third-order valence-electron chi connectivity index (χ3n) is 7.66. The molecule has 2 nitrogen and oxygen atoms in total. The van der Waals surface area contributed by atoms with Crippen molar-refractivity contribution < 1.29 is 21.3 Å². The first-order valence-electron chi connectivity index (χ1n) is 18.0. The van der Waals surface area contributed by atoms with Crippen LogP contribution in [0.1, 0.15) is 166 Å². The zero-order chi connectivity index (χ0) is 32.7. The van der Waals surface area contributed by atoms with Gasteiger partial charge in [0.05, 0.1) is 5.57 Å². The van der Waals surface area contributed by atoms with Crippen LogP contribution in [0.15, 0.2) is 60.2 Å². The minimum absolute atomic E-state index is 0. The van der Waals surface area contributed by atoms with Crippen molar-refractivity contribution in [2.45, 2.75) is 157 Å². The Kier molecular flexibility index (Phi) is 33.2. The molecule has 0 N–H and O–H groups in total. The van der Waals surface area contributed by atoms with Crippen LogP contribution < -0.4 is 0 Å². The molecule has 0 amide bonds. The fraction of sp³-hybridized carbons (Fsp3) is 0.571. The third kappa shape index (κ3) is 23.8. The van der Waals surface area contributed by atoms with Gasteiger partial charge in [-0.3, -0.25) is 0 Å². The van der Waals surface area contributed by atoms with Crippen molar-refractivity contribution in [1.29, 1.82) is 0 Å². The summed E-state index contributed by atoms with van der Waals surface area (Å²) in [6.45, 7) is 18.2. The summed E-state index contributed by atoms with van der Waals surface area (Å²) in [5.41, 5.74) is 16.7. The number of rotatable bonds is 20. The van der Waals surface area contributed by atoms with Gasteiger partial charge >= 0.3 is 22.4 Å². The van der Waals surface area contributed by atoms with E-state index in [1.54, 1.807) is 0 Å². The molecule has 254 valence electrons. The quantitative estimate of drug-likeness (QED) is 0.0258. The van der Waals surface area contributed by atoms with Gasteiger partial charge < -0.3 is 19.4 Å². The second-order valence-electron chi connectivity index (χ2n) is 11.8. The summed E-state index contributed by atoms with van der Waals surface area (Å²) in [5, 5.41) is 0. The second-order valence-corrected chi connectivity index (χ2v) is 11.8. The summed E-state index contributed by atoms with van der Waals surface area (Å²) in [4.78, 5) is 3.28. The van der Waals surface area contributed by atoms with Crippen LogP contribution in [0.5, 0.6) is 0 Å². The molecule has 0 spiro atoms. The van der Waals surface area contributed by atoms with Crippen LogP contribution in [0.3, 0.4) is 0 Å². The van der Waals surface area contributed by atoms with Crippen molar-refractivity contribution in [2.24, 2.45) is 0 Å². The molecule has 0 aliphatic rings. The van der Waals surface area contributed by atoms with Gasteiger partial charge in [-0.15, -0.1) is 4.79 Å². The van der Waals surface area contributed by atoms with Crippen LogP contribution in [-0.4, -0.2) is 10.7 Å². The molecule has 0 aliphatic heterocycles. The largest absolute Gasteiger partial charge is 2.00 e. The molecule has 0 aromatic heterocycles. The monoisotopic (exact) mass is 656 g/mol. The van der Waals surface area contributed by atoms with E-state index in [2.05, 4.69) is 114 Å². The van der Waals surface area contributed by atoms with Crippen LogP contribution in [-0.2, 0) is 29.3 Å². The fourth-order valence-corrected chi connectivity index (χ4v) is 4.71. The Morgan fingerprint density at radius 2 is 1.18 bits per heavy atom. The summed E-state index contributed by atoms with van der Waals surface area (Å²) in [6, 6.07) is 18.1. The first-order valence-corrected chi connectivity index (χ1v) is 18.0. The van der Waals surface area contributed by atoms with Crippen molar-refractivity contribution in [3.63, 3.8) is 0 Å². The van der Waals surface area contributed by atoms with Crippen molar-refractivity contribution in [2.75, 3.05) is 0 Å². The molecule has 2 rings (SSSR count). The summed E-state index contributed by atoms with van der Waals surface area (Å²) in [6.07, 6.45) is 24.9. The van der Waals surface area contributed by atoms with E-state index in [0.717, 1.165) is 44.1 Å². The fourth-order valence-electron chi connectivity index (χ4n) is 4.71. The predicted molar refractivity (Wildman–Crippen MR) is 197 cm³/mol. The van der Waals surface area contributed by atoms with Gasteiger partial charge in [0.1, 0.15) is 0 Å². The van der Waals surface area contributed by atoms with E-state index in [1.807, 2.05) is 0 Å². The van der Waals surface area contributed by atoms with Crippen LogP contribution >= 0.6 is 0 Å². The SMILES string of the molecule is CCCCCCCCc1cccc(C(=CC(=C=[N+]=[N-])CCCCCC)c2ccc(CCCC)cc2)c1.[CH2-]CCC.[CH2-]CCC.[Ni+2]. The van der Waals surface area contributed by atoms with Gasteiger partial charge in [0, 0.05) is 0 Å². The van der Waals surface area contributed by atoms with Gasteiger partial charge in [-0.1, -0.05) is 154 Å². The molecule has 0 saturated heterocycles. The Morgan fingerprint density at radius 1 is 0.644 bits per heavy atom. The predicted octanol–water partition coefficient (Wildman–Crippen LogP) is 13.4. The van der Waals surface area contributed by atoms with E-state index in [-0.39, 0.29) is 16.5 Å². The van der Waals surface area contributed by atoms with Crippen LogP contribution in [0.2, 0.25) is 0 Å². The molecule has 0 heterocycles. The number of allylic oxidation sites excluding steroid dienone is 2. The van der Waals surface area contributed by atoms with E-state index < -0.39 is 0 Å². The number of hydrogen-bond acceptors (Lipinski definition) is 0. The molecule has 3 heteroatoms. The van der Waals surface area contributed by atoms with Gasteiger partial charge in [-0.25, -0.2) is 0 Å². The Labute approximate surface area is 290 Å². The average Bonchev–Trinajstić information content (AvgIpc) is 3.06. The summed E-state index contributed by atoms with van der Waals surface area (Å²) < 4.78 is 0. The molecule has 45 heavy (non-hydrogen) atoms. The molecule has 0 saturated carbocycles. The molecule has 2 aromatic rings. The number of benzene rings is 2. The average molecular weight is 658 g/mol. The number of unbranched alkanes of at least 4 members (excludes halogenated alkanes) is 11. The Morgan fingerprint density at radius 3 is 1.73 bits per heavy atom. The topological polar surface area (TPSA) is 36.4 Å². The maximum atomic E-state index is 9.29. The molecule has 2 aromatic carbocycles. The normalized spacial score (nSPS) is 10.3. The van der Waals surface area contributed by atoms with Gasteiger partial charge in [0.2, 0.25) is 0 Å². The third-order valence-corrected chi connectivity index (χ3v) is 7.66. The van der Waals surface area contributed by atoms with Gasteiger partial charge in [0.15, 0.2) is 0 Å². The summed E-state index contributed by atoms with van der Waals surface area (Å²) in [7, 11) is 0. The van der Waals surface area contributed by atoms with Crippen molar-refractivity contribution in [3.8, 4) is 0 Å². The molecule has 0 aliphatic carbocycles. The van der Waals surface area contributed by atoms with E-state index in [9.17, 15) is 5.53 Å².